The number of carbonyl (C=O) groups is 1. The van der Waals surface area contributed by atoms with Crippen LogP contribution in [0.5, 0.6) is 0 Å². The topological polar surface area (TPSA) is 76.4 Å². The van der Waals surface area contributed by atoms with Crippen molar-refractivity contribution < 1.29 is 9.53 Å². The molecule has 0 bridgehead atoms. The van der Waals surface area contributed by atoms with E-state index in [2.05, 4.69) is 14.9 Å². The molecule has 1 aliphatic heterocycles. The highest BCUT2D eigenvalue weighted by molar-refractivity contribution is 5.69. The molecule has 8 nitrogen and oxygen atoms in total. The molecule has 26 heavy (non-hydrogen) atoms. The van der Waals surface area contributed by atoms with E-state index in [0.717, 1.165) is 17.5 Å². The number of piperazine rings is 1. The summed E-state index contributed by atoms with van der Waals surface area (Å²) in [6, 6.07) is 0.0269. The van der Waals surface area contributed by atoms with Gasteiger partial charge >= 0.3 is 6.09 Å². The van der Waals surface area contributed by atoms with Gasteiger partial charge in [-0.3, -0.25) is 9.55 Å². The number of aromatic nitrogens is 4. The van der Waals surface area contributed by atoms with Gasteiger partial charge in [-0.2, -0.15) is 0 Å². The summed E-state index contributed by atoms with van der Waals surface area (Å²) in [5, 5.41) is 0. The Labute approximate surface area is 153 Å². The molecule has 1 saturated heterocycles. The second-order valence-corrected chi connectivity index (χ2v) is 7.55. The molecule has 140 valence electrons. The Morgan fingerprint density at radius 1 is 1.23 bits per heavy atom. The minimum atomic E-state index is -0.490. The Morgan fingerprint density at radius 2 is 1.96 bits per heavy atom. The van der Waals surface area contributed by atoms with E-state index in [1.807, 2.05) is 45.4 Å². The third-order valence-electron chi connectivity index (χ3n) is 4.26. The highest BCUT2D eigenvalue weighted by atomic mass is 16.6. The predicted molar refractivity (Wildman–Crippen MR) is 98.5 cm³/mol. The Hall–Kier alpha value is -2.64. The van der Waals surface area contributed by atoms with Crippen LogP contribution >= 0.6 is 0 Å². The molecule has 2 aromatic heterocycles. The van der Waals surface area contributed by atoms with Gasteiger partial charge in [0, 0.05) is 38.1 Å². The zero-order valence-corrected chi connectivity index (χ0v) is 16.0. The Balaban J connectivity index is 1.71. The second-order valence-electron chi connectivity index (χ2n) is 7.55. The number of imidazole rings is 1. The summed E-state index contributed by atoms with van der Waals surface area (Å²) in [5.41, 5.74) is -0.490. The molecule has 1 amide bonds. The SMILES string of the molecule is Cc1nccn1-c1cncc(N2CCN(C(=O)OC(C)(C)C)[C@H](C)C2)n1. The van der Waals surface area contributed by atoms with E-state index in [1.54, 1.807) is 23.5 Å². The average molecular weight is 358 g/mol. The van der Waals surface area contributed by atoms with Crippen molar-refractivity contribution in [3.05, 3.63) is 30.6 Å². The number of rotatable bonds is 2. The van der Waals surface area contributed by atoms with Crippen molar-refractivity contribution in [3.8, 4) is 5.82 Å². The number of ether oxygens (including phenoxy) is 1. The smallest absolute Gasteiger partial charge is 0.410 e. The second kappa shape index (κ2) is 6.93. The van der Waals surface area contributed by atoms with E-state index >= 15 is 0 Å². The van der Waals surface area contributed by atoms with E-state index < -0.39 is 5.60 Å². The van der Waals surface area contributed by atoms with Crippen LogP contribution in [0.2, 0.25) is 0 Å². The van der Waals surface area contributed by atoms with E-state index in [-0.39, 0.29) is 12.1 Å². The average Bonchev–Trinajstić information content (AvgIpc) is 2.99. The fraction of sp³-hybridized carbons (Fsp3) is 0.556. The molecule has 1 atom stereocenters. The van der Waals surface area contributed by atoms with Crippen LogP contribution in [-0.2, 0) is 4.74 Å². The first-order chi connectivity index (χ1) is 12.2. The minimum absolute atomic E-state index is 0.0269. The molecule has 3 rings (SSSR count). The molecule has 0 spiro atoms. The summed E-state index contributed by atoms with van der Waals surface area (Å²) >= 11 is 0. The number of amides is 1. The van der Waals surface area contributed by atoms with Crippen molar-refractivity contribution in [1.82, 2.24) is 24.4 Å². The molecule has 3 heterocycles. The van der Waals surface area contributed by atoms with Crippen LogP contribution < -0.4 is 4.90 Å². The summed E-state index contributed by atoms with van der Waals surface area (Å²) in [6.45, 7) is 11.5. The van der Waals surface area contributed by atoms with Crippen LogP contribution in [0.25, 0.3) is 5.82 Å². The largest absolute Gasteiger partial charge is 0.444 e. The normalized spacial score (nSPS) is 18.1. The summed E-state index contributed by atoms with van der Waals surface area (Å²) in [6.07, 6.45) is 6.82. The third-order valence-corrected chi connectivity index (χ3v) is 4.26. The first-order valence-corrected chi connectivity index (χ1v) is 8.81. The maximum atomic E-state index is 12.4. The summed E-state index contributed by atoms with van der Waals surface area (Å²) < 4.78 is 7.40. The molecule has 0 radical (unpaired) electrons. The van der Waals surface area contributed by atoms with E-state index in [4.69, 9.17) is 9.72 Å². The van der Waals surface area contributed by atoms with Crippen LogP contribution in [-0.4, -0.2) is 61.8 Å². The molecule has 8 heteroatoms. The van der Waals surface area contributed by atoms with Gasteiger partial charge in [-0.05, 0) is 34.6 Å². The van der Waals surface area contributed by atoms with Crippen LogP contribution in [0.3, 0.4) is 0 Å². The van der Waals surface area contributed by atoms with Crippen molar-refractivity contribution in [3.63, 3.8) is 0 Å². The standard InChI is InChI=1S/C18H26N6O2/c1-13-12-22(8-9-23(13)17(25)26-18(3,4)5)15-10-19-11-16(21-15)24-7-6-20-14(24)2/h6-7,10-11,13H,8-9,12H2,1-5H3/t13-/m1/s1. The number of hydrogen-bond acceptors (Lipinski definition) is 6. The van der Waals surface area contributed by atoms with Gasteiger partial charge in [-0.25, -0.2) is 14.8 Å². The van der Waals surface area contributed by atoms with E-state index in [9.17, 15) is 4.79 Å². The molecule has 0 N–H and O–H groups in total. The van der Waals surface area contributed by atoms with Crippen molar-refractivity contribution in [2.75, 3.05) is 24.5 Å². The first-order valence-electron chi connectivity index (χ1n) is 8.81. The third kappa shape index (κ3) is 3.95. The van der Waals surface area contributed by atoms with Gasteiger partial charge in [0.05, 0.1) is 12.4 Å². The fourth-order valence-electron chi connectivity index (χ4n) is 2.99. The van der Waals surface area contributed by atoms with Gasteiger partial charge in [0.1, 0.15) is 17.2 Å². The number of hydrogen-bond donors (Lipinski definition) is 0. The molecular formula is C18H26N6O2. The summed E-state index contributed by atoms with van der Waals surface area (Å²) in [5.74, 6) is 2.39. The van der Waals surface area contributed by atoms with E-state index in [0.29, 0.717) is 19.6 Å². The van der Waals surface area contributed by atoms with Crippen molar-refractivity contribution in [2.24, 2.45) is 0 Å². The number of anilines is 1. The van der Waals surface area contributed by atoms with Gasteiger partial charge in [0.2, 0.25) is 0 Å². The van der Waals surface area contributed by atoms with Gasteiger partial charge in [-0.1, -0.05) is 0 Å². The highest BCUT2D eigenvalue weighted by Gasteiger charge is 2.31. The van der Waals surface area contributed by atoms with Crippen LogP contribution in [0.4, 0.5) is 10.6 Å². The Morgan fingerprint density at radius 3 is 2.58 bits per heavy atom. The Bertz CT molecular complexity index is 782. The van der Waals surface area contributed by atoms with Gasteiger partial charge < -0.3 is 14.5 Å². The lowest BCUT2D eigenvalue weighted by atomic mass is 10.2. The first kappa shape index (κ1) is 18.2. The minimum Gasteiger partial charge on any atom is -0.444 e. The van der Waals surface area contributed by atoms with Crippen LogP contribution in [0, 0.1) is 6.92 Å². The molecule has 0 saturated carbocycles. The zero-order chi connectivity index (χ0) is 18.9. The monoisotopic (exact) mass is 358 g/mol. The van der Waals surface area contributed by atoms with Gasteiger partial charge in [0.25, 0.3) is 0 Å². The number of aryl methyl sites for hydroxylation is 1. The molecule has 1 fully saturated rings. The van der Waals surface area contributed by atoms with Gasteiger partial charge in [0.15, 0.2) is 5.82 Å². The lowest BCUT2D eigenvalue weighted by molar-refractivity contribution is 0.0158. The quantitative estimate of drug-likeness (QED) is 0.821. The molecule has 0 aromatic carbocycles. The molecular weight excluding hydrogens is 332 g/mol. The van der Waals surface area contributed by atoms with Gasteiger partial charge in [-0.15, -0.1) is 0 Å². The highest BCUT2D eigenvalue weighted by Crippen LogP contribution is 2.20. The van der Waals surface area contributed by atoms with Crippen molar-refractivity contribution in [2.45, 2.75) is 46.3 Å². The molecule has 1 aliphatic rings. The fourth-order valence-corrected chi connectivity index (χ4v) is 2.99. The molecule has 0 aliphatic carbocycles. The van der Waals surface area contributed by atoms with Crippen molar-refractivity contribution >= 4 is 11.9 Å². The lowest BCUT2D eigenvalue weighted by Gasteiger charge is -2.40. The lowest BCUT2D eigenvalue weighted by Crippen LogP contribution is -2.55. The predicted octanol–water partition coefficient (Wildman–Crippen LogP) is 2.42. The number of nitrogens with zero attached hydrogens (tertiary/aromatic N) is 6. The van der Waals surface area contributed by atoms with Crippen LogP contribution in [0.15, 0.2) is 24.8 Å². The zero-order valence-electron chi connectivity index (χ0n) is 16.0. The number of carbonyl (C=O) groups excluding carboxylic acids is 1. The van der Waals surface area contributed by atoms with E-state index in [1.165, 1.54) is 0 Å². The summed E-state index contributed by atoms with van der Waals surface area (Å²) in [7, 11) is 0. The van der Waals surface area contributed by atoms with Crippen LogP contribution in [0.1, 0.15) is 33.5 Å². The molecule has 0 unspecified atom stereocenters. The maximum Gasteiger partial charge on any atom is 0.410 e. The maximum absolute atomic E-state index is 12.4. The van der Waals surface area contributed by atoms with Crippen molar-refractivity contribution in [1.29, 1.82) is 0 Å². The Kier molecular flexibility index (Phi) is 4.84. The molecule has 2 aromatic rings. The summed E-state index contributed by atoms with van der Waals surface area (Å²) in [4.78, 5) is 29.6.